The number of benzene rings is 2. The van der Waals surface area contributed by atoms with Crippen molar-refractivity contribution in [2.75, 3.05) is 20.3 Å². The summed E-state index contributed by atoms with van der Waals surface area (Å²) in [4.78, 5) is 32.0. The monoisotopic (exact) mass is 511 g/mol. The number of carbonyl (C=O) groups is 2. The number of amides is 1. The number of pyridine rings is 1. The van der Waals surface area contributed by atoms with Gasteiger partial charge in [0.05, 0.1) is 30.2 Å². The molecule has 1 atom stereocenters. The normalized spacial score (nSPS) is 14.6. The van der Waals surface area contributed by atoms with Crippen LogP contribution in [0, 0.1) is 5.82 Å². The minimum absolute atomic E-state index is 0.00378. The molecule has 1 aliphatic rings. The first-order chi connectivity index (χ1) is 17.2. The molecular weight excluding hydrogens is 485 g/mol. The molecule has 1 aliphatic heterocycles. The Hall–Kier alpha value is -3.47. The van der Waals surface area contributed by atoms with Crippen LogP contribution in [0.5, 0.6) is 0 Å². The van der Waals surface area contributed by atoms with Crippen molar-refractivity contribution in [1.29, 1.82) is 0 Å². The van der Waals surface area contributed by atoms with Gasteiger partial charge in [0.15, 0.2) is 5.78 Å². The molecule has 0 radical (unpaired) electrons. The maximum Gasteiger partial charge on any atom is 0.254 e. The van der Waals surface area contributed by atoms with Gasteiger partial charge in [-0.2, -0.15) is 0 Å². The molecule has 0 aliphatic carbocycles. The number of nitrogens with one attached hydrogen (secondary N) is 1. The van der Waals surface area contributed by atoms with Gasteiger partial charge in [0.1, 0.15) is 5.82 Å². The molecule has 10 heteroatoms. The van der Waals surface area contributed by atoms with Crippen LogP contribution in [0.4, 0.5) is 4.39 Å². The van der Waals surface area contributed by atoms with Crippen molar-refractivity contribution in [3.05, 3.63) is 95.6 Å². The van der Waals surface area contributed by atoms with Crippen LogP contribution in [0.2, 0.25) is 0 Å². The third-order valence-corrected chi connectivity index (χ3v) is 7.51. The summed E-state index contributed by atoms with van der Waals surface area (Å²) >= 11 is 0. The quantitative estimate of drug-likeness (QED) is 0.448. The lowest BCUT2D eigenvalue weighted by atomic mass is 9.97. The summed E-state index contributed by atoms with van der Waals surface area (Å²) in [5.74, 6) is -1.10. The lowest BCUT2D eigenvalue weighted by Crippen LogP contribution is -2.48. The Morgan fingerprint density at radius 2 is 1.78 bits per heavy atom. The number of halogens is 1. The molecule has 2 heterocycles. The SMILES string of the molecule is CN(C(=O)c1ccc(F)cc1)[C@@H](Cc1cccnc1)C(=O)Cc1ccc(S(=O)(=O)NC2COC2)cc1. The van der Waals surface area contributed by atoms with E-state index in [1.54, 1.807) is 30.6 Å². The van der Waals surface area contributed by atoms with Gasteiger partial charge in [-0.15, -0.1) is 0 Å². The molecule has 0 unspecified atom stereocenters. The van der Waals surface area contributed by atoms with E-state index >= 15 is 0 Å². The smallest absolute Gasteiger partial charge is 0.254 e. The number of rotatable bonds is 10. The first kappa shape index (κ1) is 25.6. The summed E-state index contributed by atoms with van der Waals surface area (Å²) in [5.41, 5.74) is 1.66. The van der Waals surface area contributed by atoms with E-state index in [9.17, 15) is 22.4 Å². The Morgan fingerprint density at radius 3 is 2.36 bits per heavy atom. The number of aromatic nitrogens is 1. The lowest BCUT2D eigenvalue weighted by molar-refractivity contribution is -0.122. The molecule has 36 heavy (non-hydrogen) atoms. The molecule has 1 saturated heterocycles. The number of carbonyl (C=O) groups excluding carboxylic acids is 2. The summed E-state index contributed by atoms with van der Waals surface area (Å²) in [7, 11) is -2.14. The fourth-order valence-electron chi connectivity index (χ4n) is 3.84. The van der Waals surface area contributed by atoms with E-state index < -0.39 is 27.8 Å². The van der Waals surface area contributed by atoms with Crippen molar-refractivity contribution < 1.29 is 27.1 Å². The maximum absolute atomic E-state index is 13.4. The van der Waals surface area contributed by atoms with Crippen LogP contribution in [-0.4, -0.2) is 62.3 Å². The van der Waals surface area contributed by atoms with Gasteiger partial charge in [-0.1, -0.05) is 18.2 Å². The van der Waals surface area contributed by atoms with E-state index in [1.165, 1.54) is 48.3 Å². The highest BCUT2D eigenvalue weighted by Crippen LogP contribution is 2.17. The summed E-state index contributed by atoms with van der Waals surface area (Å²) < 4.78 is 45.9. The number of Topliss-reactive ketones (excluding diaryl/α,β-unsaturated/α-hetero) is 1. The van der Waals surface area contributed by atoms with E-state index in [0.717, 1.165) is 5.56 Å². The van der Waals surface area contributed by atoms with E-state index in [-0.39, 0.29) is 35.1 Å². The average molecular weight is 512 g/mol. The Kier molecular flexibility index (Phi) is 7.88. The van der Waals surface area contributed by atoms with Crippen LogP contribution in [-0.2, 0) is 32.4 Å². The van der Waals surface area contributed by atoms with Gasteiger partial charge in [0, 0.05) is 37.8 Å². The van der Waals surface area contributed by atoms with E-state index in [0.29, 0.717) is 18.8 Å². The van der Waals surface area contributed by atoms with Gasteiger partial charge in [-0.25, -0.2) is 17.5 Å². The topological polar surface area (TPSA) is 106 Å². The van der Waals surface area contributed by atoms with Gasteiger partial charge in [-0.3, -0.25) is 14.6 Å². The summed E-state index contributed by atoms with van der Waals surface area (Å²) in [6.45, 7) is 0.683. The number of likely N-dealkylation sites (N-methyl/N-ethyl adjacent to an activating group) is 1. The highest BCUT2D eigenvalue weighted by atomic mass is 32.2. The third kappa shape index (κ3) is 6.20. The van der Waals surface area contributed by atoms with Gasteiger partial charge >= 0.3 is 0 Å². The van der Waals surface area contributed by atoms with E-state index in [4.69, 9.17) is 4.74 Å². The highest BCUT2D eigenvalue weighted by Gasteiger charge is 2.29. The molecule has 0 saturated carbocycles. The second-order valence-electron chi connectivity index (χ2n) is 8.65. The molecular formula is C26H26FN3O5S. The van der Waals surface area contributed by atoms with Gasteiger partial charge < -0.3 is 9.64 Å². The second kappa shape index (κ2) is 11.1. The number of hydrogen-bond donors (Lipinski definition) is 1. The number of ketones is 1. The van der Waals surface area contributed by atoms with Crippen LogP contribution >= 0.6 is 0 Å². The molecule has 0 bridgehead atoms. The molecule has 1 aromatic heterocycles. The summed E-state index contributed by atoms with van der Waals surface area (Å²) in [6.07, 6.45) is 3.50. The van der Waals surface area contributed by atoms with Crippen molar-refractivity contribution in [1.82, 2.24) is 14.6 Å². The van der Waals surface area contributed by atoms with Gasteiger partial charge in [-0.05, 0) is 53.6 Å². The zero-order chi connectivity index (χ0) is 25.7. The largest absolute Gasteiger partial charge is 0.378 e. The number of hydrogen-bond acceptors (Lipinski definition) is 6. The fraction of sp³-hybridized carbons (Fsp3) is 0.269. The fourth-order valence-corrected chi connectivity index (χ4v) is 5.05. The second-order valence-corrected chi connectivity index (χ2v) is 10.4. The Morgan fingerprint density at radius 1 is 1.08 bits per heavy atom. The van der Waals surface area contributed by atoms with Gasteiger partial charge in [0.2, 0.25) is 10.0 Å². The first-order valence-corrected chi connectivity index (χ1v) is 12.8. The number of ether oxygens (including phenoxy) is 1. The Labute approximate surface area is 209 Å². The minimum Gasteiger partial charge on any atom is -0.378 e. The Balaban J connectivity index is 1.51. The maximum atomic E-state index is 13.4. The third-order valence-electron chi connectivity index (χ3n) is 5.97. The van der Waals surface area contributed by atoms with Crippen molar-refractivity contribution >= 4 is 21.7 Å². The predicted molar refractivity (Wildman–Crippen MR) is 130 cm³/mol. The molecule has 2 aromatic carbocycles. The highest BCUT2D eigenvalue weighted by molar-refractivity contribution is 7.89. The molecule has 1 amide bonds. The number of sulfonamides is 1. The Bertz CT molecular complexity index is 1310. The van der Waals surface area contributed by atoms with E-state index in [1.807, 2.05) is 6.07 Å². The van der Waals surface area contributed by atoms with Gasteiger partial charge in [0.25, 0.3) is 5.91 Å². The molecule has 0 spiro atoms. The van der Waals surface area contributed by atoms with E-state index in [2.05, 4.69) is 9.71 Å². The molecule has 188 valence electrons. The zero-order valence-electron chi connectivity index (χ0n) is 19.6. The van der Waals surface area contributed by atoms with Crippen LogP contribution in [0.3, 0.4) is 0 Å². The summed E-state index contributed by atoms with van der Waals surface area (Å²) in [6, 6.07) is 13.8. The van der Waals surface area contributed by atoms with Crippen LogP contribution in [0.15, 0.2) is 78.0 Å². The lowest BCUT2D eigenvalue weighted by Gasteiger charge is -2.28. The van der Waals surface area contributed by atoms with Crippen LogP contribution in [0.25, 0.3) is 0 Å². The van der Waals surface area contributed by atoms with Crippen molar-refractivity contribution in [2.24, 2.45) is 0 Å². The number of nitrogens with zero attached hydrogens (tertiary/aromatic N) is 2. The first-order valence-electron chi connectivity index (χ1n) is 11.4. The molecule has 1 N–H and O–H groups in total. The molecule has 8 nitrogen and oxygen atoms in total. The average Bonchev–Trinajstić information content (AvgIpc) is 2.85. The van der Waals surface area contributed by atoms with Crippen molar-refractivity contribution in [3.63, 3.8) is 0 Å². The van der Waals surface area contributed by atoms with Crippen LogP contribution in [0.1, 0.15) is 21.5 Å². The van der Waals surface area contributed by atoms with Crippen LogP contribution < -0.4 is 4.72 Å². The minimum atomic E-state index is -3.68. The van der Waals surface area contributed by atoms with Crippen molar-refractivity contribution in [3.8, 4) is 0 Å². The summed E-state index contributed by atoms with van der Waals surface area (Å²) in [5, 5.41) is 0. The molecule has 3 aromatic rings. The standard InChI is InChI=1S/C26H26FN3O5S/c1-30(26(32)20-6-8-21(27)9-7-20)24(13-19-3-2-12-28-15-19)25(31)14-18-4-10-23(11-5-18)36(33,34)29-22-16-35-17-22/h2-12,15,22,24,29H,13-14,16-17H2,1H3/t24-/m0/s1. The van der Waals surface area contributed by atoms with Crippen molar-refractivity contribution in [2.45, 2.75) is 29.8 Å². The molecule has 4 rings (SSSR count). The zero-order valence-corrected chi connectivity index (χ0v) is 20.4. The predicted octanol–water partition coefficient (Wildman–Crippen LogP) is 2.39. The molecule has 1 fully saturated rings.